The summed E-state index contributed by atoms with van der Waals surface area (Å²) in [6.45, 7) is 2.55. The number of halogens is 1. The van der Waals surface area contributed by atoms with Crippen LogP contribution in [0, 0.1) is 29.1 Å². The molecule has 0 N–H and O–H groups in total. The number of carbonyl (C=O) groups is 1. The Labute approximate surface area is 142 Å². The smallest absolute Gasteiger partial charge is 0.222 e. The van der Waals surface area contributed by atoms with Crippen LogP contribution in [0.3, 0.4) is 0 Å². The van der Waals surface area contributed by atoms with Gasteiger partial charge >= 0.3 is 0 Å². The average Bonchev–Trinajstić information content (AvgIpc) is 2.91. The van der Waals surface area contributed by atoms with E-state index in [1.807, 2.05) is 7.05 Å². The van der Waals surface area contributed by atoms with Gasteiger partial charge in [-0.25, -0.2) is 0 Å². The predicted octanol–water partition coefficient (Wildman–Crippen LogP) is 4.74. The molecule has 2 nitrogen and oxygen atoms in total. The van der Waals surface area contributed by atoms with E-state index in [9.17, 15) is 4.79 Å². The van der Waals surface area contributed by atoms with E-state index in [1.54, 1.807) is 5.57 Å². The lowest BCUT2D eigenvalue weighted by molar-refractivity contribution is -0.141. The van der Waals surface area contributed by atoms with Gasteiger partial charge in [-0.05, 0) is 72.6 Å². The molecule has 1 amide bonds. The maximum Gasteiger partial charge on any atom is 0.222 e. The Morgan fingerprint density at radius 2 is 2.05 bits per heavy atom. The molecule has 3 aliphatic carbocycles. The quantitative estimate of drug-likeness (QED) is 0.607. The first kappa shape index (κ1) is 15.2. The molecule has 0 unspecified atom stereocenters. The third-order valence-corrected chi connectivity index (χ3v) is 8.33. The van der Waals surface area contributed by atoms with E-state index < -0.39 is 0 Å². The van der Waals surface area contributed by atoms with Crippen molar-refractivity contribution in [3.8, 4) is 0 Å². The second kappa shape index (κ2) is 5.36. The van der Waals surface area contributed by atoms with Crippen LogP contribution in [-0.4, -0.2) is 23.9 Å². The summed E-state index contributed by atoms with van der Waals surface area (Å²) < 4.78 is 0. The zero-order valence-corrected chi connectivity index (χ0v) is 15.4. The Morgan fingerprint density at radius 1 is 1.23 bits per heavy atom. The summed E-state index contributed by atoms with van der Waals surface area (Å²) in [5.74, 6) is 3.58. The number of carbonyl (C=O) groups excluding carboxylic acids is 1. The van der Waals surface area contributed by atoms with Gasteiger partial charge in [-0.3, -0.25) is 4.79 Å². The van der Waals surface area contributed by atoms with E-state index in [-0.39, 0.29) is 0 Å². The maximum atomic E-state index is 12.1. The zero-order valence-electron chi connectivity index (χ0n) is 13.9. The highest BCUT2D eigenvalue weighted by molar-refractivity contribution is 9.11. The van der Waals surface area contributed by atoms with Crippen LogP contribution >= 0.6 is 15.9 Å². The van der Waals surface area contributed by atoms with Crippen LogP contribution in [0.2, 0.25) is 0 Å². The van der Waals surface area contributed by atoms with Crippen molar-refractivity contribution in [2.24, 2.45) is 29.1 Å². The van der Waals surface area contributed by atoms with Gasteiger partial charge in [0, 0.05) is 19.5 Å². The number of fused-ring (bicyclic) bond motifs is 5. The first-order chi connectivity index (χ1) is 10.5. The highest BCUT2D eigenvalue weighted by atomic mass is 79.9. The molecule has 4 rings (SSSR count). The number of piperidine rings is 1. The first-order valence-corrected chi connectivity index (χ1v) is 10.0. The van der Waals surface area contributed by atoms with Crippen molar-refractivity contribution in [2.45, 2.75) is 64.3 Å². The van der Waals surface area contributed by atoms with Gasteiger partial charge in [0.05, 0.1) is 0 Å². The summed E-state index contributed by atoms with van der Waals surface area (Å²) in [5, 5.41) is 0. The second-order valence-electron chi connectivity index (χ2n) is 8.54. The van der Waals surface area contributed by atoms with E-state index in [4.69, 9.17) is 0 Å². The lowest BCUT2D eigenvalue weighted by Crippen LogP contribution is -2.56. The zero-order chi connectivity index (χ0) is 15.5. The minimum atomic E-state index is 0.357. The third kappa shape index (κ3) is 2.07. The largest absolute Gasteiger partial charge is 0.342 e. The van der Waals surface area contributed by atoms with E-state index in [1.165, 1.54) is 32.1 Å². The minimum Gasteiger partial charge on any atom is -0.342 e. The maximum absolute atomic E-state index is 12.1. The van der Waals surface area contributed by atoms with Gasteiger partial charge in [0.15, 0.2) is 0 Å². The molecule has 0 aromatic rings. The highest BCUT2D eigenvalue weighted by Gasteiger charge is 2.55. The molecule has 0 spiro atoms. The van der Waals surface area contributed by atoms with Crippen LogP contribution in [0.5, 0.6) is 0 Å². The van der Waals surface area contributed by atoms with Crippen LogP contribution in [0.4, 0.5) is 0 Å². The lowest BCUT2D eigenvalue weighted by Gasteiger charge is -2.57. The lowest BCUT2D eigenvalue weighted by atomic mass is 9.51. The van der Waals surface area contributed by atoms with Gasteiger partial charge in [-0.15, -0.1) is 0 Å². The fraction of sp³-hybridized carbons (Fsp3) is 0.842. The van der Waals surface area contributed by atoms with E-state index >= 15 is 0 Å². The van der Waals surface area contributed by atoms with Crippen molar-refractivity contribution in [3.63, 3.8) is 0 Å². The van der Waals surface area contributed by atoms with Gasteiger partial charge in [-0.2, -0.15) is 0 Å². The number of hydrogen-bond donors (Lipinski definition) is 0. The van der Waals surface area contributed by atoms with Crippen molar-refractivity contribution in [3.05, 3.63) is 10.6 Å². The average molecular weight is 366 g/mol. The van der Waals surface area contributed by atoms with Crippen molar-refractivity contribution >= 4 is 21.8 Å². The normalized spacial score (nSPS) is 49.8. The molecule has 4 fully saturated rings. The molecule has 4 aliphatic rings. The van der Waals surface area contributed by atoms with Crippen LogP contribution < -0.4 is 0 Å². The number of rotatable bonds is 0. The van der Waals surface area contributed by atoms with E-state index in [0.717, 1.165) is 42.9 Å². The van der Waals surface area contributed by atoms with Crippen molar-refractivity contribution in [1.29, 1.82) is 0 Å². The molecular formula is C19H28BrNO. The molecule has 0 aromatic heterocycles. The first-order valence-electron chi connectivity index (χ1n) is 9.10. The fourth-order valence-electron chi connectivity index (χ4n) is 6.58. The molecular weight excluding hydrogens is 338 g/mol. The van der Waals surface area contributed by atoms with Crippen molar-refractivity contribution in [1.82, 2.24) is 4.90 Å². The monoisotopic (exact) mass is 365 g/mol. The number of hydrogen-bond acceptors (Lipinski definition) is 1. The van der Waals surface area contributed by atoms with Gasteiger partial charge in [0.25, 0.3) is 0 Å². The van der Waals surface area contributed by atoms with Crippen LogP contribution in [0.25, 0.3) is 0 Å². The molecule has 1 aliphatic heterocycles. The number of nitrogens with zero attached hydrogens (tertiary/aromatic N) is 1. The van der Waals surface area contributed by atoms with Gasteiger partial charge in [0.2, 0.25) is 5.91 Å². The summed E-state index contributed by atoms with van der Waals surface area (Å²) in [5.41, 5.74) is 2.19. The van der Waals surface area contributed by atoms with Crippen molar-refractivity contribution in [2.75, 3.05) is 7.05 Å². The molecule has 3 saturated carbocycles. The topological polar surface area (TPSA) is 20.3 Å². The van der Waals surface area contributed by atoms with Crippen LogP contribution in [0.15, 0.2) is 10.6 Å². The summed E-state index contributed by atoms with van der Waals surface area (Å²) in [6, 6.07) is 0.456. The molecule has 1 saturated heterocycles. The summed E-state index contributed by atoms with van der Waals surface area (Å²) in [7, 11) is 2.04. The molecule has 22 heavy (non-hydrogen) atoms. The second-order valence-corrected chi connectivity index (χ2v) is 9.00. The highest BCUT2D eigenvalue weighted by Crippen LogP contribution is 2.62. The van der Waals surface area contributed by atoms with Gasteiger partial charge in [0.1, 0.15) is 0 Å². The van der Waals surface area contributed by atoms with Gasteiger partial charge < -0.3 is 4.90 Å². The molecule has 0 aromatic carbocycles. The Kier molecular flexibility index (Phi) is 3.71. The Hall–Kier alpha value is -0.310. The predicted molar refractivity (Wildman–Crippen MR) is 92.6 cm³/mol. The molecule has 1 heterocycles. The number of likely N-dealkylation sites (tertiary alicyclic amines) is 1. The summed E-state index contributed by atoms with van der Waals surface area (Å²) >= 11 is 3.67. The van der Waals surface area contributed by atoms with E-state index in [0.29, 0.717) is 17.4 Å². The molecule has 0 radical (unpaired) electrons. The standard InChI is InChI=1S/C19H28BrNO/c1-19-8-3-4-15(19)18-12(11-20)10-16-13(14(18)7-9-19)5-6-17(22)21(16)2/h11,13-16,18H,3-10H2,1-2H3/t13-,14-,15+,16-,18-,19+/m1/s1. The summed E-state index contributed by atoms with van der Waals surface area (Å²) in [4.78, 5) is 16.4. The molecule has 122 valence electrons. The van der Waals surface area contributed by atoms with Crippen LogP contribution in [-0.2, 0) is 4.79 Å². The Balaban J connectivity index is 1.69. The molecule has 0 bridgehead atoms. The van der Waals surface area contributed by atoms with Gasteiger partial charge in [-0.1, -0.05) is 34.8 Å². The number of amides is 1. The SMILES string of the molecule is CN1C(=O)CC[C@@H]2[C@H]3CC[C@]4(C)CCC[C@H]4[C@@H]3C(=CBr)C[C@H]21. The molecule has 6 atom stereocenters. The van der Waals surface area contributed by atoms with E-state index in [2.05, 4.69) is 32.7 Å². The van der Waals surface area contributed by atoms with Crippen molar-refractivity contribution < 1.29 is 4.79 Å². The Morgan fingerprint density at radius 3 is 2.82 bits per heavy atom. The van der Waals surface area contributed by atoms with Crippen LogP contribution in [0.1, 0.15) is 58.3 Å². The Bertz CT molecular complexity index is 516. The fourth-order valence-corrected chi connectivity index (χ4v) is 7.08. The molecule has 3 heteroatoms. The summed E-state index contributed by atoms with van der Waals surface area (Å²) in [6.07, 6.45) is 10.1. The third-order valence-electron chi connectivity index (χ3n) is 7.74. The minimum absolute atomic E-state index is 0.357.